The van der Waals surface area contributed by atoms with E-state index >= 15 is 0 Å². The van der Waals surface area contributed by atoms with Crippen molar-refractivity contribution in [1.82, 2.24) is 0 Å². The molecule has 0 spiro atoms. The monoisotopic (exact) mass is 132 g/mol. The van der Waals surface area contributed by atoms with Gasteiger partial charge in [0.05, 0.1) is 0 Å². The van der Waals surface area contributed by atoms with Crippen molar-refractivity contribution in [3.63, 3.8) is 0 Å². The van der Waals surface area contributed by atoms with Crippen LogP contribution in [0.25, 0.3) is 0 Å². The molecule has 0 aliphatic carbocycles. The molecule has 0 aliphatic heterocycles. The predicted octanol–water partition coefficient (Wildman–Crippen LogP) is -0.0368. The van der Waals surface area contributed by atoms with Crippen molar-refractivity contribution < 1.29 is 14.9 Å². The first-order valence-corrected chi connectivity index (χ1v) is 2.41. The topological polar surface area (TPSA) is 49.7 Å². The number of hydrogen-bond donors (Lipinski definition) is 2. The van der Waals surface area contributed by atoms with E-state index in [0.29, 0.717) is 0 Å². The Kier molecular flexibility index (Phi) is 12.7. The minimum Gasteiger partial charge on any atom is -0.462 e. The lowest BCUT2D eigenvalue weighted by Crippen LogP contribution is -1.91. The smallest absolute Gasteiger partial charge is 0.115 e. The molecular weight excluding hydrogens is 120 g/mol. The Morgan fingerprint density at radius 2 is 1.78 bits per heavy atom. The van der Waals surface area contributed by atoms with Gasteiger partial charge < -0.3 is 14.9 Å². The Bertz CT molecular complexity index is 88.2. The fourth-order valence-electron chi connectivity index (χ4n) is 0.0934. The highest BCUT2D eigenvalue weighted by Gasteiger charge is 1.78. The Hall–Kier alpha value is -0.720. The zero-order valence-electron chi connectivity index (χ0n) is 5.88. The molecule has 0 rings (SSSR count). The number of methoxy groups -OCH3 is 1. The molecule has 9 heavy (non-hydrogen) atoms. The average molecular weight is 132 g/mol. The van der Waals surface area contributed by atoms with Gasteiger partial charge in [0.1, 0.15) is 12.2 Å². The van der Waals surface area contributed by atoms with E-state index in [-0.39, 0.29) is 0 Å². The largest absolute Gasteiger partial charge is 0.462 e. The summed E-state index contributed by atoms with van der Waals surface area (Å²) >= 11 is 0. The summed E-state index contributed by atoms with van der Waals surface area (Å²) < 4.78 is 4.25. The Morgan fingerprint density at radius 1 is 1.44 bits per heavy atom. The van der Waals surface area contributed by atoms with Gasteiger partial charge in [-0.1, -0.05) is 0 Å². The van der Waals surface area contributed by atoms with Crippen molar-refractivity contribution >= 4 is 0 Å². The van der Waals surface area contributed by atoms with Crippen LogP contribution in [0.3, 0.4) is 0 Å². The molecule has 0 saturated carbocycles. The quantitative estimate of drug-likeness (QED) is 0.455. The van der Waals surface area contributed by atoms with Gasteiger partial charge in [-0.15, -0.1) is 0 Å². The third-order valence-corrected chi connectivity index (χ3v) is 0.273. The molecule has 0 aromatic rings. The van der Waals surface area contributed by atoms with Crippen LogP contribution >= 0.6 is 0 Å². The van der Waals surface area contributed by atoms with Gasteiger partial charge in [-0.05, 0) is 12.8 Å². The summed E-state index contributed by atoms with van der Waals surface area (Å²) in [6, 6.07) is 0. The highest BCUT2D eigenvalue weighted by Crippen LogP contribution is 1.68. The van der Waals surface area contributed by atoms with Crippen LogP contribution in [0.4, 0.5) is 0 Å². The second-order valence-electron chi connectivity index (χ2n) is 1.34. The molecule has 54 valence electrons. The van der Waals surface area contributed by atoms with E-state index in [1.165, 1.54) is 6.92 Å². The predicted molar refractivity (Wildman–Crippen MR) is 34.3 cm³/mol. The van der Waals surface area contributed by atoms with E-state index in [9.17, 15) is 0 Å². The maximum absolute atomic E-state index is 8.22. The van der Waals surface area contributed by atoms with Gasteiger partial charge in [0.25, 0.3) is 0 Å². The molecule has 0 saturated heterocycles. The van der Waals surface area contributed by atoms with Gasteiger partial charge in [-0.2, -0.15) is 0 Å². The molecule has 0 aromatic carbocycles. The Morgan fingerprint density at radius 3 is 1.78 bits per heavy atom. The van der Waals surface area contributed by atoms with Gasteiger partial charge in [0.2, 0.25) is 0 Å². The zero-order valence-corrected chi connectivity index (χ0v) is 5.88. The van der Waals surface area contributed by atoms with Crippen molar-refractivity contribution in [2.24, 2.45) is 0 Å². The molecular formula is C6H12O3. The first-order chi connectivity index (χ1) is 4.18. The van der Waals surface area contributed by atoms with Crippen molar-refractivity contribution in [3.05, 3.63) is 0 Å². The summed E-state index contributed by atoms with van der Waals surface area (Å²) in [5.41, 5.74) is 0. The van der Waals surface area contributed by atoms with Crippen LogP contribution in [0.1, 0.15) is 6.92 Å². The van der Waals surface area contributed by atoms with E-state index in [1.807, 2.05) is 0 Å². The third-order valence-electron chi connectivity index (χ3n) is 0.273. The molecule has 0 aliphatic rings. The maximum Gasteiger partial charge on any atom is 0.115 e. The number of ether oxygens (including phenoxy) is 1. The standard InChI is InChI=1S/C4H6O2.C2H6O/c1-4(6)2-3-5;1-3-2/h4-6H,1H3;1-2H3. The average Bonchev–Trinajstić information content (AvgIpc) is 1.67. The van der Waals surface area contributed by atoms with Crippen LogP contribution < -0.4 is 0 Å². The lowest BCUT2D eigenvalue weighted by atomic mass is 10.4. The van der Waals surface area contributed by atoms with Crippen LogP contribution in [0.2, 0.25) is 0 Å². The fraction of sp³-hybridized carbons (Fsp3) is 0.667. The van der Waals surface area contributed by atoms with Gasteiger partial charge in [0, 0.05) is 14.2 Å². The Balaban J connectivity index is 0. The van der Waals surface area contributed by atoms with Gasteiger partial charge in [-0.3, -0.25) is 0 Å². The number of hydrogen-bond acceptors (Lipinski definition) is 3. The van der Waals surface area contributed by atoms with Crippen molar-refractivity contribution in [2.75, 3.05) is 14.2 Å². The first-order valence-electron chi connectivity index (χ1n) is 2.41. The molecule has 0 heterocycles. The minimum atomic E-state index is -0.713. The molecule has 3 heteroatoms. The molecule has 0 fully saturated rings. The SMILES string of the molecule is CC(O)C#CO.COC. The van der Waals surface area contributed by atoms with Crippen LogP contribution in [0.15, 0.2) is 0 Å². The molecule has 0 bridgehead atoms. The number of aliphatic hydroxyl groups excluding tert-OH is 2. The molecule has 0 amide bonds. The summed E-state index contributed by atoms with van der Waals surface area (Å²) in [6.45, 7) is 1.48. The second kappa shape index (κ2) is 10.3. The second-order valence-corrected chi connectivity index (χ2v) is 1.34. The Labute approximate surface area is 55.3 Å². The van der Waals surface area contributed by atoms with E-state index in [0.717, 1.165) is 0 Å². The molecule has 2 N–H and O–H groups in total. The van der Waals surface area contributed by atoms with Crippen molar-refractivity contribution in [2.45, 2.75) is 13.0 Å². The molecule has 1 unspecified atom stereocenters. The third kappa shape index (κ3) is 39.0. The first kappa shape index (κ1) is 11.1. The zero-order chi connectivity index (χ0) is 7.70. The van der Waals surface area contributed by atoms with E-state index < -0.39 is 6.10 Å². The van der Waals surface area contributed by atoms with Gasteiger partial charge in [0.15, 0.2) is 0 Å². The maximum atomic E-state index is 8.22. The van der Waals surface area contributed by atoms with Crippen molar-refractivity contribution in [1.29, 1.82) is 0 Å². The summed E-state index contributed by atoms with van der Waals surface area (Å²) in [4.78, 5) is 0. The van der Waals surface area contributed by atoms with Crippen molar-refractivity contribution in [3.8, 4) is 12.0 Å². The summed E-state index contributed by atoms with van der Waals surface area (Å²) in [6.07, 6.45) is 0.854. The highest BCUT2D eigenvalue weighted by atomic mass is 16.4. The lowest BCUT2D eigenvalue weighted by molar-refractivity contribution is 0.252. The van der Waals surface area contributed by atoms with E-state index in [4.69, 9.17) is 10.2 Å². The van der Waals surface area contributed by atoms with E-state index in [1.54, 1.807) is 20.3 Å². The van der Waals surface area contributed by atoms with E-state index in [2.05, 4.69) is 10.7 Å². The van der Waals surface area contributed by atoms with Crippen LogP contribution in [0, 0.1) is 12.0 Å². The van der Waals surface area contributed by atoms with Crippen LogP contribution in [-0.2, 0) is 4.74 Å². The summed E-state index contributed by atoms with van der Waals surface area (Å²) in [5.74, 6) is 2.07. The number of aliphatic hydroxyl groups is 2. The normalized spacial score (nSPS) is 9.78. The minimum absolute atomic E-state index is 0.713. The summed E-state index contributed by atoms with van der Waals surface area (Å²) in [7, 11) is 3.25. The highest BCUT2D eigenvalue weighted by molar-refractivity contribution is 4.94. The molecule has 0 radical (unpaired) electrons. The molecule has 1 atom stereocenters. The van der Waals surface area contributed by atoms with Gasteiger partial charge in [-0.25, -0.2) is 0 Å². The number of rotatable bonds is 0. The van der Waals surface area contributed by atoms with Crippen LogP contribution in [-0.4, -0.2) is 30.5 Å². The lowest BCUT2D eigenvalue weighted by Gasteiger charge is -1.81. The summed E-state index contributed by atoms with van der Waals surface area (Å²) in [5, 5.41) is 15.9. The fourth-order valence-corrected chi connectivity index (χ4v) is 0.0934. The molecule has 0 aromatic heterocycles. The van der Waals surface area contributed by atoms with Crippen LogP contribution in [0.5, 0.6) is 0 Å². The molecule has 3 nitrogen and oxygen atoms in total. The van der Waals surface area contributed by atoms with Gasteiger partial charge >= 0.3 is 0 Å².